The predicted molar refractivity (Wildman–Crippen MR) is 98.3 cm³/mol. The van der Waals surface area contributed by atoms with Crippen LogP contribution in [0.1, 0.15) is 42.7 Å². The Labute approximate surface area is 148 Å². The van der Waals surface area contributed by atoms with Crippen molar-refractivity contribution in [1.29, 1.82) is 0 Å². The molecule has 2 aromatic carbocycles. The molecule has 0 heterocycles. The molecule has 0 aliphatic heterocycles. The van der Waals surface area contributed by atoms with E-state index < -0.39 is 11.5 Å². The smallest absolute Gasteiger partial charge is 0.253 e. The molecule has 5 nitrogen and oxygen atoms in total. The highest BCUT2D eigenvalue weighted by atomic mass is 16.3. The first-order chi connectivity index (χ1) is 11.8. The maximum Gasteiger partial charge on any atom is 0.253 e. The van der Waals surface area contributed by atoms with Crippen LogP contribution in [-0.4, -0.2) is 23.5 Å². The molecular weight excluding hydrogens is 316 g/mol. The summed E-state index contributed by atoms with van der Waals surface area (Å²) in [6, 6.07) is 15.6. The number of carbonyl (C=O) groups is 2. The average Bonchev–Trinajstić information content (AvgIpc) is 2.59. The molecule has 0 bridgehead atoms. The van der Waals surface area contributed by atoms with Crippen LogP contribution in [0.25, 0.3) is 0 Å². The minimum atomic E-state index is -0.568. The minimum Gasteiger partial charge on any atom is -0.394 e. The second-order valence-corrected chi connectivity index (χ2v) is 6.87. The van der Waals surface area contributed by atoms with Crippen molar-refractivity contribution in [3.63, 3.8) is 0 Å². The maximum atomic E-state index is 12.7. The van der Waals surface area contributed by atoms with E-state index in [1.54, 1.807) is 24.3 Å². The monoisotopic (exact) mass is 340 g/mol. The number of hydrogen-bond acceptors (Lipinski definition) is 3. The van der Waals surface area contributed by atoms with Crippen LogP contribution < -0.4 is 10.6 Å². The summed E-state index contributed by atoms with van der Waals surface area (Å²) >= 11 is 0. The van der Waals surface area contributed by atoms with Gasteiger partial charge < -0.3 is 15.7 Å². The van der Waals surface area contributed by atoms with Gasteiger partial charge in [-0.25, -0.2) is 0 Å². The molecule has 132 valence electrons. The molecule has 0 spiro atoms. The zero-order valence-electron chi connectivity index (χ0n) is 14.7. The second kappa shape index (κ2) is 7.94. The summed E-state index contributed by atoms with van der Waals surface area (Å²) in [5, 5.41) is 15.2. The van der Waals surface area contributed by atoms with Gasteiger partial charge in [0.25, 0.3) is 5.91 Å². The third-order valence-electron chi connectivity index (χ3n) is 3.79. The highest BCUT2D eigenvalue weighted by molar-refractivity contribution is 6.04. The number of nitrogens with one attached hydrogen (secondary N) is 2. The fraction of sp³-hybridized carbons (Fsp3) is 0.300. The summed E-state index contributed by atoms with van der Waals surface area (Å²) in [4.78, 5) is 24.9. The summed E-state index contributed by atoms with van der Waals surface area (Å²) < 4.78 is 0. The molecule has 1 atom stereocenters. The second-order valence-electron chi connectivity index (χ2n) is 6.87. The van der Waals surface area contributed by atoms with E-state index in [1.807, 2.05) is 51.1 Å². The number of carbonyl (C=O) groups excluding carboxylic acids is 2. The first kappa shape index (κ1) is 18.7. The third kappa shape index (κ3) is 4.90. The predicted octanol–water partition coefficient (Wildman–Crippen LogP) is 3.13. The van der Waals surface area contributed by atoms with Crippen LogP contribution in [0, 0.1) is 5.41 Å². The Morgan fingerprint density at radius 1 is 1.00 bits per heavy atom. The molecule has 0 fully saturated rings. The van der Waals surface area contributed by atoms with Crippen LogP contribution in [0.15, 0.2) is 54.6 Å². The van der Waals surface area contributed by atoms with Crippen LogP contribution in [0.3, 0.4) is 0 Å². The molecule has 0 radical (unpaired) electrons. The molecule has 0 aliphatic carbocycles. The van der Waals surface area contributed by atoms with Crippen LogP contribution in [0.5, 0.6) is 0 Å². The quantitative estimate of drug-likeness (QED) is 0.782. The van der Waals surface area contributed by atoms with E-state index in [9.17, 15) is 14.7 Å². The van der Waals surface area contributed by atoms with Gasteiger partial charge in [0.05, 0.1) is 23.9 Å². The van der Waals surface area contributed by atoms with Gasteiger partial charge in [-0.3, -0.25) is 9.59 Å². The summed E-state index contributed by atoms with van der Waals surface area (Å²) in [6.07, 6.45) is 0. The normalized spacial score (nSPS) is 12.3. The van der Waals surface area contributed by atoms with Gasteiger partial charge in [0.2, 0.25) is 5.91 Å². The van der Waals surface area contributed by atoms with Crippen molar-refractivity contribution in [1.82, 2.24) is 5.32 Å². The fourth-order valence-corrected chi connectivity index (χ4v) is 2.26. The number of hydrogen-bond donors (Lipinski definition) is 3. The van der Waals surface area contributed by atoms with E-state index >= 15 is 0 Å². The standard InChI is InChI=1S/C20H24N2O3/c1-20(2,3)19(25)22-16-12-8-7-11-15(16)18(24)21-17(13-23)14-9-5-4-6-10-14/h4-12,17,23H,13H2,1-3H3,(H,21,24)(H,22,25)/t17-/m1/s1. The number of aliphatic hydroxyl groups is 1. The number of para-hydroxylation sites is 1. The van der Waals surface area contributed by atoms with Crippen LogP contribution in [-0.2, 0) is 4.79 Å². The van der Waals surface area contributed by atoms with Gasteiger partial charge in [-0.05, 0) is 17.7 Å². The molecule has 0 unspecified atom stereocenters. The van der Waals surface area contributed by atoms with Gasteiger partial charge in [0.1, 0.15) is 0 Å². The van der Waals surface area contributed by atoms with Crippen molar-refractivity contribution < 1.29 is 14.7 Å². The van der Waals surface area contributed by atoms with Gasteiger partial charge in [0.15, 0.2) is 0 Å². The zero-order valence-corrected chi connectivity index (χ0v) is 14.7. The van der Waals surface area contributed by atoms with Crippen molar-refractivity contribution in [3.8, 4) is 0 Å². The van der Waals surface area contributed by atoms with Crippen molar-refractivity contribution >= 4 is 17.5 Å². The Bertz CT molecular complexity index is 736. The summed E-state index contributed by atoms with van der Waals surface area (Å²) in [5.41, 5.74) is 1.05. The van der Waals surface area contributed by atoms with E-state index in [0.29, 0.717) is 11.3 Å². The van der Waals surface area contributed by atoms with Gasteiger partial charge in [0, 0.05) is 5.41 Å². The molecule has 0 aromatic heterocycles. The fourth-order valence-electron chi connectivity index (χ4n) is 2.26. The highest BCUT2D eigenvalue weighted by Crippen LogP contribution is 2.21. The van der Waals surface area contributed by atoms with Crippen molar-refractivity contribution in [2.75, 3.05) is 11.9 Å². The van der Waals surface area contributed by atoms with Gasteiger partial charge >= 0.3 is 0 Å². The topological polar surface area (TPSA) is 78.4 Å². The molecule has 0 saturated heterocycles. The maximum absolute atomic E-state index is 12.7. The molecule has 2 rings (SSSR count). The number of rotatable bonds is 5. The number of benzene rings is 2. The Balaban J connectivity index is 2.20. The van der Waals surface area contributed by atoms with Gasteiger partial charge in [-0.2, -0.15) is 0 Å². The lowest BCUT2D eigenvalue weighted by Crippen LogP contribution is -2.33. The summed E-state index contributed by atoms with van der Waals surface area (Å²) in [7, 11) is 0. The van der Waals surface area contributed by atoms with E-state index in [4.69, 9.17) is 0 Å². The van der Waals surface area contributed by atoms with Crippen molar-refractivity contribution in [2.45, 2.75) is 26.8 Å². The molecule has 0 aliphatic rings. The summed E-state index contributed by atoms with van der Waals surface area (Å²) in [5.74, 6) is -0.526. The van der Waals surface area contributed by atoms with E-state index in [1.165, 1.54) is 0 Å². The first-order valence-electron chi connectivity index (χ1n) is 8.20. The van der Waals surface area contributed by atoms with Crippen LogP contribution in [0.2, 0.25) is 0 Å². The van der Waals surface area contributed by atoms with Crippen LogP contribution in [0.4, 0.5) is 5.69 Å². The first-order valence-corrected chi connectivity index (χ1v) is 8.20. The van der Waals surface area contributed by atoms with E-state index in [0.717, 1.165) is 5.56 Å². The lowest BCUT2D eigenvalue weighted by atomic mass is 9.95. The molecule has 2 amide bonds. The average molecular weight is 340 g/mol. The Kier molecular flexibility index (Phi) is 5.93. The molecular formula is C20H24N2O3. The molecule has 5 heteroatoms. The minimum absolute atomic E-state index is 0.172. The van der Waals surface area contributed by atoms with Crippen molar-refractivity contribution in [2.24, 2.45) is 5.41 Å². The lowest BCUT2D eigenvalue weighted by Gasteiger charge is -2.21. The molecule has 2 aromatic rings. The number of anilines is 1. The Morgan fingerprint density at radius 2 is 1.60 bits per heavy atom. The third-order valence-corrected chi connectivity index (χ3v) is 3.79. The lowest BCUT2D eigenvalue weighted by molar-refractivity contribution is -0.123. The largest absolute Gasteiger partial charge is 0.394 e. The van der Waals surface area contributed by atoms with Crippen molar-refractivity contribution in [3.05, 3.63) is 65.7 Å². The van der Waals surface area contributed by atoms with E-state index in [2.05, 4.69) is 10.6 Å². The Morgan fingerprint density at radius 3 is 2.20 bits per heavy atom. The summed E-state index contributed by atoms with van der Waals surface area (Å²) in [6.45, 7) is 5.21. The van der Waals surface area contributed by atoms with Gasteiger partial charge in [-0.1, -0.05) is 63.2 Å². The highest BCUT2D eigenvalue weighted by Gasteiger charge is 2.23. The number of amides is 2. The van der Waals surface area contributed by atoms with E-state index in [-0.39, 0.29) is 18.4 Å². The Hall–Kier alpha value is -2.66. The zero-order chi connectivity index (χ0) is 18.4. The van der Waals surface area contributed by atoms with Crippen LogP contribution >= 0.6 is 0 Å². The molecule has 0 saturated carbocycles. The van der Waals surface area contributed by atoms with Gasteiger partial charge in [-0.15, -0.1) is 0 Å². The SMILES string of the molecule is CC(C)(C)C(=O)Nc1ccccc1C(=O)N[C@H](CO)c1ccccc1. The molecule has 3 N–H and O–H groups in total. The molecule has 25 heavy (non-hydrogen) atoms. The number of aliphatic hydroxyl groups excluding tert-OH is 1.